The van der Waals surface area contributed by atoms with Gasteiger partial charge >= 0.3 is 6.09 Å². The number of amides is 1. The van der Waals surface area contributed by atoms with Gasteiger partial charge in [-0.05, 0) is 69.9 Å². The van der Waals surface area contributed by atoms with E-state index in [1.165, 1.54) is 12.8 Å². The molecule has 29 heavy (non-hydrogen) atoms. The van der Waals surface area contributed by atoms with Crippen LogP contribution in [-0.2, 0) is 11.2 Å². The maximum Gasteiger partial charge on any atom is 0.407 e. The van der Waals surface area contributed by atoms with Gasteiger partial charge in [-0.3, -0.25) is 0 Å². The van der Waals surface area contributed by atoms with E-state index in [1.54, 1.807) is 0 Å². The summed E-state index contributed by atoms with van der Waals surface area (Å²) in [5, 5.41) is 3.41. The number of hydrogen-bond donors (Lipinski definition) is 1. The average Bonchev–Trinajstić information content (AvgIpc) is 3.39. The molecule has 1 fully saturated rings. The van der Waals surface area contributed by atoms with Gasteiger partial charge in [0.05, 0.1) is 6.61 Å². The summed E-state index contributed by atoms with van der Waals surface area (Å²) in [4.78, 5) is 16.7. The topological polar surface area (TPSA) is 60.5 Å². The lowest BCUT2D eigenvalue weighted by molar-refractivity contribution is 0.0464. The van der Waals surface area contributed by atoms with Gasteiger partial charge in [0.25, 0.3) is 0 Å². The minimum absolute atomic E-state index is 0.120. The summed E-state index contributed by atoms with van der Waals surface area (Å²) in [7, 11) is 0. The second kappa shape index (κ2) is 10.5. The van der Waals surface area contributed by atoms with Crippen LogP contribution < -0.4 is 10.1 Å². The fraction of sp³-hybridized carbons (Fsp3) is 0.739. The first-order valence-electron chi connectivity index (χ1n) is 10.6. The number of carbonyl (C=O) groups excluding carboxylic acids is 1. The largest absolute Gasteiger partial charge is 0.490 e. The quantitative estimate of drug-likeness (QED) is 0.539. The number of rotatable bonds is 6. The van der Waals surface area contributed by atoms with Gasteiger partial charge in [-0.25, -0.2) is 9.78 Å². The summed E-state index contributed by atoms with van der Waals surface area (Å²) < 4.78 is 11.3. The number of pyridine rings is 1. The molecule has 5 nitrogen and oxygen atoms in total. The number of nitrogens with one attached hydrogen (secondary N) is 1. The third-order valence-corrected chi connectivity index (χ3v) is 4.84. The maximum absolute atomic E-state index is 12.3. The molecule has 2 rings (SSSR count). The van der Waals surface area contributed by atoms with Crippen LogP contribution in [-0.4, -0.2) is 29.3 Å². The third-order valence-electron chi connectivity index (χ3n) is 4.57. The van der Waals surface area contributed by atoms with Crippen LogP contribution in [0, 0.1) is 18.3 Å². The fourth-order valence-corrected chi connectivity index (χ4v) is 2.88. The van der Waals surface area contributed by atoms with Crippen molar-refractivity contribution in [1.29, 1.82) is 0 Å². The van der Waals surface area contributed by atoms with E-state index in [0.29, 0.717) is 29.8 Å². The van der Waals surface area contributed by atoms with Gasteiger partial charge in [0.1, 0.15) is 5.60 Å². The Kier molecular flexibility index (Phi) is 9.26. The van der Waals surface area contributed by atoms with Gasteiger partial charge in [-0.1, -0.05) is 46.2 Å². The molecule has 1 N–H and O–H groups in total. The summed E-state index contributed by atoms with van der Waals surface area (Å²) in [5.74, 6) is 1.26. The number of nitrogens with zero attached hydrogens (tertiary/aromatic N) is 1. The molecule has 0 spiro atoms. The second-order valence-corrected chi connectivity index (χ2v) is 9.90. The average molecular weight is 427 g/mol. The molecular weight excluding hydrogens is 388 g/mol. The first kappa shape index (κ1) is 25.5. The molecule has 1 aromatic heterocycles. The third kappa shape index (κ3) is 9.24. The number of alkyl carbamates (subject to hydrolysis) is 1. The molecule has 0 aromatic carbocycles. The molecule has 1 aliphatic carbocycles. The second-order valence-electron chi connectivity index (χ2n) is 9.55. The van der Waals surface area contributed by atoms with Crippen molar-refractivity contribution in [3.05, 3.63) is 22.5 Å². The first-order chi connectivity index (χ1) is 13.3. The van der Waals surface area contributed by atoms with Gasteiger partial charge < -0.3 is 14.8 Å². The van der Waals surface area contributed by atoms with Gasteiger partial charge in [0, 0.05) is 11.7 Å². The molecule has 0 bridgehead atoms. The van der Waals surface area contributed by atoms with Gasteiger partial charge in [0.2, 0.25) is 0 Å². The van der Waals surface area contributed by atoms with Crippen LogP contribution in [0.5, 0.6) is 5.75 Å². The van der Waals surface area contributed by atoms with Crippen molar-refractivity contribution in [3.63, 3.8) is 0 Å². The maximum atomic E-state index is 12.3. The molecule has 1 saturated carbocycles. The fourth-order valence-electron chi connectivity index (χ4n) is 2.64. The van der Waals surface area contributed by atoms with E-state index >= 15 is 0 Å². The zero-order valence-corrected chi connectivity index (χ0v) is 20.4. The van der Waals surface area contributed by atoms with Gasteiger partial charge in [0.15, 0.2) is 10.9 Å². The Labute approximate surface area is 181 Å². The smallest absolute Gasteiger partial charge is 0.407 e. The number of hydrogen-bond acceptors (Lipinski definition) is 4. The lowest BCUT2D eigenvalue weighted by Crippen LogP contribution is -2.47. The standard InChI is InChI=1S/C21H33ClN2O3.C2H6/c1-13-15(10-16(18(22)23-13)26-12-14-8-9-14)11-17(20(2,3)4)24-19(25)27-21(5,6)7;1-2/h10,14,17H,8-9,11-12H2,1-7H3,(H,24,25);1-2H3. The summed E-state index contributed by atoms with van der Waals surface area (Å²) in [6, 6.07) is 1.84. The first-order valence-corrected chi connectivity index (χ1v) is 11.0. The number of aromatic nitrogens is 1. The number of ether oxygens (including phenoxy) is 2. The summed E-state index contributed by atoms with van der Waals surface area (Å²) >= 11 is 6.26. The zero-order chi connectivity index (χ0) is 22.4. The normalized spacial score (nSPS) is 15.1. The van der Waals surface area contributed by atoms with Crippen molar-refractivity contribution in [2.45, 2.75) is 93.2 Å². The van der Waals surface area contributed by atoms with Gasteiger partial charge in [-0.15, -0.1) is 0 Å². The minimum atomic E-state index is -0.534. The molecule has 1 aromatic rings. The highest BCUT2D eigenvalue weighted by Crippen LogP contribution is 2.33. The molecule has 1 unspecified atom stereocenters. The van der Waals surface area contributed by atoms with Crippen LogP contribution in [0.1, 0.15) is 79.5 Å². The molecule has 166 valence electrons. The van der Waals surface area contributed by atoms with Crippen LogP contribution in [0.15, 0.2) is 6.07 Å². The number of halogens is 1. The van der Waals surface area contributed by atoms with Crippen LogP contribution in [0.4, 0.5) is 4.79 Å². The zero-order valence-electron chi connectivity index (χ0n) is 19.6. The predicted molar refractivity (Wildman–Crippen MR) is 120 cm³/mol. The highest BCUT2D eigenvalue weighted by molar-refractivity contribution is 6.30. The van der Waals surface area contributed by atoms with Crippen LogP contribution in [0.25, 0.3) is 0 Å². The van der Waals surface area contributed by atoms with Crippen LogP contribution >= 0.6 is 11.6 Å². The SMILES string of the molecule is CC.Cc1nc(Cl)c(OCC2CC2)cc1CC(NC(=O)OC(C)(C)C)C(C)(C)C. The van der Waals surface area contributed by atoms with E-state index in [0.717, 1.165) is 11.3 Å². The Hall–Kier alpha value is -1.49. The van der Waals surface area contributed by atoms with E-state index in [2.05, 4.69) is 31.1 Å². The molecule has 1 atom stereocenters. The molecular formula is C23H39ClN2O3. The van der Waals surface area contributed by atoms with Crippen LogP contribution in [0.2, 0.25) is 5.15 Å². The van der Waals surface area contributed by atoms with E-state index < -0.39 is 11.7 Å². The lowest BCUT2D eigenvalue weighted by Gasteiger charge is -2.33. The van der Waals surface area contributed by atoms with Crippen molar-refractivity contribution in [2.75, 3.05) is 6.61 Å². The molecule has 0 radical (unpaired) electrons. The number of aryl methyl sites for hydroxylation is 1. The predicted octanol–water partition coefficient (Wildman–Crippen LogP) is 6.34. The summed E-state index contributed by atoms with van der Waals surface area (Å²) in [5.41, 5.74) is 1.17. The van der Waals surface area contributed by atoms with Crippen molar-refractivity contribution < 1.29 is 14.3 Å². The Morgan fingerprint density at radius 2 is 1.83 bits per heavy atom. The highest BCUT2D eigenvalue weighted by atomic mass is 35.5. The Balaban J connectivity index is 0.00000204. The summed E-state index contributed by atoms with van der Waals surface area (Å²) in [6.45, 7) is 18.5. The van der Waals surface area contributed by atoms with Crippen molar-refractivity contribution in [3.8, 4) is 5.75 Å². The lowest BCUT2D eigenvalue weighted by atomic mass is 9.83. The Morgan fingerprint density at radius 3 is 2.31 bits per heavy atom. The Bertz CT molecular complexity index is 674. The van der Waals surface area contributed by atoms with E-state index in [-0.39, 0.29) is 11.5 Å². The van der Waals surface area contributed by atoms with E-state index in [1.807, 2.05) is 47.6 Å². The van der Waals surface area contributed by atoms with E-state index in [9.17, 15) is 4.79 Å². The molecule has 1 aliphatic rings. The van der Waals surface area contributed by atoms with Gasteiger partial charge in [-0.2, -0.15) is 0 Å². The molecule has 1 amide bonds. The van der Waals surface area contributed by atoms with Crippen molar-refractivity contribution >= 4 is 17.7 Å². The summed E-state index contributed by atoms with van der Waals surface area (Å²) in [6.07, 6.45) is 2.65. The molecule has 6 heteroatoms. The monoisotopic (exact) mass is 426 g/mol. The highest BCUT2D eigenvalue weighted by Gasteiger charge is 2.30. The molecule has 1 heterocycles. The number of carbonyl (C=O) groups is 1. The molecule has 0 saturated heterocycles. The van der Waals surface area contributed by atoms with Crippen LogP contribution in [0.3, 0.4) is 0 Å². The van der Waals surface area contributed by atoms with Crippen molar-refractivity contribution in [1.82, 2.24) is 10.3 Å². The minimum Gasteiger partial charge on any atom is -0.490 e. The van der Waals surface area contributed by atoms with Crippen molar-refractivity contribution in [2.24, 2.45) is 11.3 Å². The molecule has 0 aliphatic heterocycles. The Morgan fingerprint density at radius 1 is 1.24 bits per heavy atom. The van der Waals surface area contributed by atoms with E-state index in [4.69, 9.17) is 21.1 Å².